The summed E-state index contributed by atoms with van der Waals surface area (Å²) in [6.07, 6.45) is 12.9. The summed E-state index contributed by atoms with van der Waals surface area (Å²) < 4.78 is 16.1. The van der Waals surface area contributed by atoms with Crippen LogP contribution >= 0.6 is 11.3 Å². The van der Waals surface area contributed by atoms with Crippen LogP contribution in [0.4, 0.5) is 0 Å². The molecule has 0 saturated heterocycles. The molecule has 3 rings (SSSR count). The molecule has 1 aromatic heterocycles. The smallest absolute Gasteiger partial charge is 0.212 e. The van der Waals surface area contributed by atoms with Crippen LogP contribution in [0.15, 0.2) is 17.5 Å². The monoisotopic (exact) mass is 431 g/mol. The first kappa shape index (κ1) is 22.6. The second kappa shape index (κ2) is 11.3. The minimum Gasteiger partial charge on any atom is -0.493 e. The minimum atomic E-state index is -0.117. The fraction of sp³-hybridized carbons (Fsp3) is 0.583. The second-order valence-electron chi connectivity index (χ2n) is 7.92. The Balaban J connectivity index is 1.79. The Bertz CT molecular complexity index is 795. The van der Waals surface area contributed by atoms with E-state index in [-0.39, 0.29) is 5.78 Å². The van der Waals surface area contributed by atoms with Crippen LogP contribution in [-0.4, -0.2) is 32.1 Å². The molecule has 0 radical (unpaired) electrons. The van der Waals surface area contributed by atoms with Gasteiger partial charge in [0.05, 0.1) is 26.3 Å². The first-order valence-electron chi connectivity index (χ1n) is 11.0. The molecule has 30 heavy (non-hydrogen) atoms. The van der Waals surface area contributed by atoms with E-state index in [1.807, 2.05) is 5.38 Å². The molecule has 0 spiro atoms. The summed E-state index contributed by atoms with van der Waals surface area (Å²) in [5.41, 5.74) is 0.988. The van der Waals surface area contributed by atoms with Gasteiger partial charge in [-0.3, -0.25) is 4.79 Å². The highest BCUT2D eigenvalue weighted by molar-refractivity contribution is 7.10. The van der Waals surface area contributed by atoms with Crippen LogP contribution in [-0.2, 0) is 0 Å². The second-order valence-corrected chi connectivity index (χ2v) is 8.81. The van der Waals surface area contributed by atoms with Crippen molar-refractivity contribution in [1.82, 2.24) is 4.98 Å². The maximum atomic E-state index is 13.1. The Morgan fingerprint density at radius 2 is 1.40 bits per heavy atom. The number of nitrogens with zero attached hydrogens (tertiary/aromatic N) is 1. The van der Waals surface area contributed by atoms with E-state index in [0.717, 1.165) is 5.01 Å². The van der Waals surface area contributed by atoms with Gasteiger partial charge in [0.1, 0.15) is 5.69 Å². The number of hydrogen-bond donors (Lipinski definition) is 0. The number of rotatable bonds is 6. The topological polar surface area (TPSA) is 57.7 Å². The van der Waals surface area contributed by atoms with E-state index in [0.29, 0.717) is 34.4 Å². The number of hydrogen-bond acceptors (Lipinski definition) is 6. The fourth-order valence-electron chi connectivity index (χ4n) is 4.17. The highest BCUT2D eigenvalue weighted by atomic mass is 32.1. The molecule has 1 aliphatic rings. The maximum Gasteiger partial charge on any atom is 0.212 e. The predicted octanol–water partition coefficient (Wildman–Crippen LogP) is 6.40. The molecule has 164 valence electrons. The molecule has 6 heteroatoms. The summed E-state index contributed by atoms with van der Waals surface area (Å²) in [5.74, 6) is 1.77. The predicted molar refractivity (Wildman–Crippen MR) is 121 cm³/mol. The Hall–Kier alpha value is -2.08. The summed E-state index contributed by atoms with van der Waals surface area (Å²) in [6, 6.07) is 3.38. The van der Waals surface area contributed by atoms with E-state index in [2.05, 4.69) is 0 Å². The largest absolute Gasteiger partial charge is 0.493 e. The molecule has 0 atom stereocenters. The number of carbonyl (C=O) groups excluding carboxylic acids is 1. The van der Waals surface area contributed by atoms with E-state index in [1.165, 1.54) is 64.2 Å². The lowest BCUT2D eigenvalue weighted by Crippen LogP contribution is -2.06. The zero-order chi connectivity index (χ0) is 21.3. The summed E-state index contributed by atoms with van der Waals surface area (Å²) in [4.78, 5) is 17.9. The van der Waals surface area contributed by atoms with E-state index in [9.17, 15) is 4.79 Å². The average Bonchev–Trinajstić information content (AvgIpc) is 3.24. The van der Waals surface area contributed by atoms with Crippen molar-refractivity contribution >= 4 is 17.1 Å². The summed E-state index contributed by atoms with van der Waals surface area (Å²) >= 11 is 1.62. The van der Waals surface area contributed by atoms with E-state index in [4.69, 9.17) is 19.2 Å². The third-order valence-electron chi connectivity index (χ3n) is 5.89. The zero-order valence-electron chi connectivity index (χ0n) is 18.4. The van der Waals surface area contributed by atoms with E-state index < -0.39 is 0 Å². The van der Waals surface area contributed by atoms with Crippen molar-refractivity contribution < 1.29 is 19.0 Å². The van der Waals surface area contributed by atoms with Crippen molar-refractivity contribution in [3.05, 3.63) is 33.8 Å². The molecule has 0 unspecified atom stereocenters. The molecule has 1 aliphatic carbocycles. The molecule has 2 aromatic rings. The van der Waals surface area contributed by atoms with Crippen LogP contribution in [0, 0.1) is 0 Å². The summed E-state index contributed by atoms with van der Waals surface area (Å²) in [7, 11) is 4.65. The van der Waals surface area contributed by atoms with Crippen LogP contribution in [0.5, 0.6) is 17.2 Å². The first-order valence-corrected chi connectivity index (χ1v) is 11.9. The highest BCUT2D eigenvalue weighted by Crippen LogP contribution is 2.39. The van der Waals surface area contributed by atoms with Crippen LogP contribution in [0.2, 0.25) is 0 Å². The quantitative estimate of drug-likeness (QED) is 0.495. The average molecular weight is 432 g/mol. The number of methoxy groups -OCH3 is 3. The van der Waals surface area contributed by atoms with Crippen molar-refractivity contribution in [2.75, 3.05) is 21.3 Å². The Labute approximate surface area is 183 Å². The van der Waals surface area contributed by atoms with E-state index >= 15 is 0 Å². The maximum absolute atomic E-state index is 13.1. The van der Waals surface area contributed by atoms with Crippen LogP contribution in [0.1, 0.15) is 91.2 Å². The van der Waals surface area contributed by atoms with Gasteiger partial charge in [0.15, 0.2) is 11.5 Å². The van der Waals surface area contributed by atoms with Crippen molar-refractivity contribution in [3.63, 3.8) is 0 Å². The first-order chi connectivity index (χ1) is 14.7. The lowest BCUT2D eigenvalue weighted by molar-refractivity contribution is 0.103. The van der Waals surface area contributed by atoms with Gasteiger partial charge < -0.3 is 14.2 Å². The highest BCUT2D eigenvalue weighted by Gasteiger charge is 2.22. The normalized spacial score (nSPS) is 16.5. The summed E-state index contributed by atoms with van der Waals surface area (Å²) in [6.45, 7) is 0. The lowest BCUT2D eigenvalue weighted by atomic mass is 9.96. The Morgan fingerprint density at radius 3 is 1.90 bits per heavy atom. The third kappa shape index (κ3) is 5.54. The van der Waals surface area contributed by atoms with Gasteiger partial charge in [0.2, 0.25) is 11.5 Å². The van der Waals surface area contributed by atoms with E-state index in [1.54, 1.807) is 44.8 Å². The van der Waals surface area contributed by atoms with Crippen molar-refractivity contribution in [1.29, 1.82) is 0 Å². The molecule has 0 bridgehead atoms. The Morgan fingerprint density at radius 1 is 0.867 bits per heavy atom. The number of thiazole rings is 1. The van der Waals surface area contributed by atoms with Gasteiger partial charge in [-0.1, -0.05) is 51.4 Å². The summed E-state index contributed by atoms with van der Waals surface area (Å²) in [5, 5.41) is 3.00. The molecule has 5 nitrogen and oxygen atoms in total. The van der Waals surface area contributed by atoms with Crippen LogP contribution in [0.3, 0.4) is 0 Å². The van der Waals surface area contributed by atoms with Gasteiger partial charge in [-0.05, 0) is 25.0 Å². The van der Waals surface area contributed by atoms with Crippen molar-refractivity contribution in [3.8, 4) is 17.2 Å². The van der Waals surface area contributed by atoms with Crippen LogP contribution < -0.4 is 14.2 Å². The molecular weight excluding hydrogens is 398 g/mol. The molecule has 0 N–H and O–H groups in total. The third-order valence-corrected chi connectivity index (χ3v) is 6.89. The molecule has 0 aliphatic heterocycles. The van der Waals surface area contributed by atoms with Gasteiger partial charge >= 0.3 is 0 Å². The molecule has 1 fully saturated rings. The lowest BCUT2D eigenvalue weighted by Gasteiger charge is -2.14. The van der Waals surface area contributed by atoms with Gasteiger partial charge in [-0.2, -0.15) is 0 Å². The van der Waals surface area contributed by atoms with Crippen molar-refractivity contribution in [2.24, 2.45) is 0 Å². The number of ketones is 1. The number of ether oxygens (including phenoxy) is 3. The van der Waals surface area contributed by atoms with Crippen LogP contribution in [0.25, 0.3) is 0 Å². The van der Waals surface area contributed by atoms with Crippen molar-refractivity contribution in [2.45, 2.75) is 70.1 Å². The molecule has 1 aromatic carbocycles. The molecule has 1 heterocycles. The number of aromatic nitrogens is 1. The van der Waals surface area contributed by atoms with Gasteiger partial charge in [-0.25, -0.2) is 4.98 Å². The van der Waals surface area contributed by atoms with Gasteiger partial charge in [0.25, 0.3) is 0 Å². The fourth-order valence-corrected chi connectivity index (χ4v) is 5.14. The SMILES string of the molecule is COc1cc(C(=O)c2csc(C3CCCCCCCCCC3)n2)cc(OC)c1OC. The minimum absolute atomic E-state index is 0.117. The molecule has 1 saturated carbocycles. The number of benzene rings is 1. The number of carbonyl (C=O) groups is 1. The van der Waals surface area contributed by atoms with Gasteiger partial charge in [-0.15, -0.1) is 11.3 Å². The zero-order valence-corrected chi connectivity index (χ0v) is 19.2. The molecular formula is C24H33NO4S. The Kier molecular flexibility index (Phi) is 8.55. The standard InChI is InChI=1S/C24H33NO4S/c1-27-20-14-18(15-21(28-2)23(20)29-3)22(26)19-16-30-24(25-19)17-12-10-8-6-4-5-7-9-11-13-17/h14-17H,4-13H2,1-3H3. The molecule has 0 amide bonds. The van der Waals surface area contributed by atoms with Gasteiger partial charge in [0, 0.05) is 16.9 Å².